The lowest BCUT2D eigenvalue weighted by molar-refractivity contribution is -0.117. The largest absolute Gasteiger partial charge is 0.348 e. The predicted molar refractivity (Wildman–Crippen MR) is 69.9 cm³/mol. The van der Waals surface area contributed by atoms with Crippen molar-refractivity contribution >= 4 is 23.6 Å². The Hall–Kier alpha value is -1.32. The second kappa shape index (κ2) is 5.84. The van der Waals surface area contributed by atoms with Gasteiger partial charge in [-0.2, -0.15) is 0 Å². The van der Waals surface area contributed by atoms with Gasteiger partial charge in [0.2, 0.25) is 5.91 Å². The average molecular weight is 251 g/mol. The van der Waals surface area contributed by atoms with Crippen LogP contribution in [-0.2, 0) is 4.79 Å². The molecule has 1 aliphatic rings. The maximum atomic E-state index is 11.6. The molecule has 90 valence electrons. The van der Waals surface area contributed by atoms with Gasteiger partial charge in [-0.3, -0.25) is 4.79 Å². The fourth-order valence-electron chi connectivity index (χ4n) is 1.80. The van der Waals surface area contributed by atoms with Crippen molar-refractivity contribution < 1.29 is 4.79 Å². The van der Waals surface area contributed by atoms with Crippen molar-refractivity contribution in [3.05, 3.63) is 40.9 Å². The molecular weight excluding hydrogens is 236 g/mol. The number of benzene rings is 1. The molecule has 1 aromatic carbocycles. The second-order valence-electron chi connectivity index (χ2n) is 4.05. The SMILES string of the molecule is O=C(/C=C/c1ccccc1Cl)NC1CCNC1. The molecule has 0 aliphatic carbocycles. The molecular formula is C13H15ClN2O. The summed E-state index contributed by atoms with van der Waals surface area (Å²) in [6.07, 6.45) is 4.26. The van der Waals surface area contributed by atoms with E-state index in [0.29, 0.717) is 5.02 Å². The first-order valence-electron chi connectivity index (χ1n) is 5.69. The van der Waals surface area contributed by atoms with Crippen LogP contribution < -0.4 is 10.6 Å². The molecule has 1 aliphatic heterocycles. The zero-order valence-corrected chi connectivity index (χ0v) is 10.2. The molecule has 1 aromatic rings. The van der Waals surface area contributed by atoms with E-state index in [-0.39, 0.29) is 11.9 Å². The van der Waals surface area contributed by atoms with Crippen molar-refractivity contribution in [1.82, 2.24) is 10.6 Å². The molecule has 1 amide bonds. The maximum Gasteiger partial charge on any atom is 0.244 e. The fraction of sp³-hybridized carbons (Fsp3) is 0.308. The molecule has 4 heteroatoms. The number of carbonyl (C=O) groups is 1. The number of amides is 1. The van der Waals surface area contributed by atoms with Crippen LogP contribution in [0.5, 0.6) is 0 Å². The number of rotatable bonds is 3. The Morgan fingerprint density at radius 2 is 2.29 bits per heavy atom. The monoisotopic (exact) mass is 250 g/mol. The first-order chi connectivity index (χ1) is 8.25. The van der Waals surface area contributed by atoms with Gasteiger partial charge in [-0.15, -0.1) is 0 Å². The summed E-state index contributed by atoms with van der Waals surface area (Å²) in [5, 5.41) is 6.79. The van der Waals surface area contributed by atoms with Gasteiger partial charge < -0.3 is 10.6 Å². The molecule has 2 rings (SSSR count). The highest BCUT2D eigenvalue weighted by atomic mass is 35.5. The van der Waals surface area contributed by atoms with Gasteiger partial charge in [0.05, 0.1) is 0 Å². The molecule has 0 saturated carbocycles. The summed E-state index contributed by atoms with van der Waals surface area (Å²) in [7, 11) is 0. The zero-order chi connectivity index (χ0) is 12.1. The Labute approximate surface area is 106 Å². The normalized spacial score (nSPS) is 19.7. The lowest BCUT2D eigenvalue weighted by Gasteiger charge is -2.08. The van der Waals surface area contributed by atoms with E-state index >= 15 is 0 Å². The molecule has 17 heavy (non-hydrogen) atoms. The highest BCUT2D eigenvalue weighted by Crippen LogP contribution is 2.16. The van der Waals surface area contributed by atoms with Crippen LogP contribution in [-0.4, -0.2) is 25.0 Å². The second-order valence-corrected chi connectivity index (χ2v) is 4.46. The van der Waals surface area contributed by atoms with Gasteiger partial charge in [-0.1, -0.05) is 29.8 Å². The van der Waals surface area contributed by atoms with Crippen molar-refractivity contribution in [2.45, 2.75) is 12.5 Å². The van der Waals surface area contributed by atoms with Crippen molar-refractivity contribution in [1.29, 1.82) is 0 Å². The Kier molecular flexibility index (Phi) is 4.18. The van der Waals surface area contributed by atoms with Crippen molar-refractivity contribution in [3.63, 3.8) is 0 Å². The number of carbonyl (C=O) groups excluding carboxylic acids is 1. The number of halogens is 1. The summed E-state index contributed by atoms with van der Waals surface area (Å²) in [5.74, 6) is -0.0707. The van der Waals surface area contributed by atoms with E-state index in [1.165, 1.54) is 6.08 Å². The summed E-state index contributed by atoms with van der Waals surface area (Å²) in [4.78, 5) is 11.6. The summed E-state index contributed by atoms with van der Waals surface area (Å²) in [6.45, 7) is 1.82. The predicted octanol–water partition coefficient (Wildman–Crippen LogP) is 1.83. The Morgan fingerprint density at radius 1 is 1.47 bits per heavy atom. The van der Waals surface area contributed by atoms with Gasteiger partial charge >= 0.3 is 0 Å². The molecule has 3 nitrogen and oxygen atoms in total. The first kappa shape index (κ1) is 12.1. The highest BCUT2D eigenvalue weighted by molar-refractivity contribution is 6.32. The van der Waals surface area contributed by atoms with E-state index in [1.54, 1.807) is 12.1 Å². The van der Waals surface area contributed by atoms with E-state index in [9.17, 15) is 4.79 Å². The summed E-state index contributed by atoms with van der Waals surface area (Å²) >= 11 is 5.99. The molecule has 1 saturated heterocycles. The van der Waals surface area contributed by atoms with Gasteiger partial charge in [0.25, 0.3) is 0 Å². The van der Waals surface area contributed by atoms with Gasteiger partial charge in [-0.25, -0.2) is 0 Å². The average Bonchev–Trinajstić information content (AvgIpc) is 2.81. The standard InChI is InChI=1S/C13H15ClN2O/c14-12-4-2-1-3-10(12)5-6-13(17)16-11-7-8-15-9-11/h1-6,11,15H,7-9H2,(H,16,17)/b6-5+. The van der Waals surface area contributed by atoms with Gasteiger partial charge in [-0.05, 0) is 30.7 Å². The van der Waals surface area contributed by atoms with Crippen LogP contribution in [0.25, 0.3) is 6.08 Å². The van der Waals surface area contributed by atoms with Crippen LogP contribution in [0, 0.1) is 0 Å². The van der Waals surface area contributed by atoms with E-state index in [4.69, 9.17) is 11.6 Å². The number of hydrogen-bond acceptors (Lipinski definition) is 2. The Morgan fingerprint density at radius 3 is 3.00 bits per heavy atom. The fourth-order valence-corrected chi connectivity index (χ4v) is 2.00. The summed E-state index contributed by atoms with van der Waals surface area (Å²) in [5.41, 5.74) is 0.855. The van der Waals surface area contributed by atoms with Gasteiger partial charge in [0.15, 0.2) is 0 Å². The van der Waals surface area contributed by atoms with Crippen LogP contribution >= 0.6 is 11.6 Å². The minimum atomic E-state index is -0.0707. The van der Waals surface area contributed by atoms with Crippen molar-refractivity contribution in [2.24, 2.45) is 0 Å². The summed E-state index contributed by atoms with van der Waals surface area (Å²) in [6, 6.07) is 7.69. The van der Waals surface area contributed by atoms with E-state index in [1.807, 2.05) is 18.2 Å². The molecule has 0 aromatic heterocycles. The van der Waals surface area contributed by atoms with Crippen LogP contribution in [0.2, 0.25) is 5.02 Å². The van der Waals surface area contributed by atoms with Gasteiger partial charge in [0.1, 0.15) is 0 Å². The lowest BCUT2D eigenvalue weighted by Crippen LogP contribution is -2.34. The first-order valence-corrected chi connectivity index (χ1v) is 6.07. The maximum absolute atomic E-state index is 11.6. The van der Waals surface area contributed by atoms with Crippen molar-refractivity contribution in [2.75, 3.05) is 13.1 Å². The topological polar surface area (TPSA) is 41.1 Å². The third-order valence-electron chi connectivity index (χ3n) is 2.73. The van der Waals surface area contributed by atoms with Crippen LogP contribution in [0.1, 0.15) is 12.0 Å². The van der Waals surface area contributed by atoms with E-state index in [2.05, 4.69) is 10.6 Å². The molecule has 1 heterocycles. The third-order valence-corrected chi connectivity index (χ3v) is 3.07. The smallest absolute Gasteiger partial charge is 0.244 e. The van der Waals surface area contributed by atoms with Crippen LogP contribution in [0.15, 0.2) is 30.3 Å². The molecule has 1 unspecified atom stereocenters. The molecule has 0 radical (unpaired) electrons. The minimum Gasteiger partial charge on any atom is -0.348 e. The minimum absolute atomic E-state index is 0.0707. The molecule has 0 bridgehead atoms. The van der Waals surface area contributed by atoms with Crippen molar-refractivity contribution in [3.8, 4) is 0 Å². The Bertz CT molecular complexity index is 425. The van der Waals surface area contributed by atoms with Crippen LogP contribution in [0.4, 0.5) is 0 Å². The highest BCUT2D eigenvalue weighted by Gasteiger charge is 2.14. The molecule has 2 N–H and O–H groups in total. The van der Waals surface area contributed by atoms with Gasteiger partial charge in [0, 0.05) is 23.7 Å². The molecule has 0 spiro atoms. The van der Waals surface area contributed by atoms with E-state index < -0.39 is 0 Å². The number of hydrogen-bond donors (Lipinski definition) is 2. The third kappa shape index (κ3) is 3.58. The van der Waals surface area contributed by atoms with E-state index in [0.717, 1.165) is 25.1 Å². The van der Waals surface area contributed by atoms with Crippen LogP contribution in [0.3, 0.4) is 0 Å². The lowest BCUT2D eigenvalue weighted by atomic mass is 10.2. The summed E-state index contributed by atoms with van der Waals surface area (Å²) < 4.78 is 0. The molecule has 1 fully saturated rings. The Balaban J connectivity index is 1.91. The quantitative estimate of drug-likeness (QED) is 0.804. The number of nitrogens with one attached hydrogen (secondary N) is 2. The molecule has 1 atom stereocenters. The zero-order valence-electron chi connectivity index (χ0n) is 9.45.